The van der Waals surface area contributed by atoms with Crippen molar-refractivity contribution in [3.63, 3.8) is 0 Å². The highest BCUT2D eigenvalue weighted by Crippen LogP contribution is 2.39. The average molecular weight is 1120 g/mol. The molecular weight excluding hydrogens is 1030 g/mol. The topological polar surface area (TPSA) is 208 Å². The molecule has 16 nitrogen and oxygen atoms in total. The van der Waals surface area contributed by atoms with E-state index in [1.165, 1.54) is 14.2 Å². The number of aliphatic hydroxyl groups is 1. The van der Waals surface area contributed by atoms with Gasteiger partial charge in [0.1, 0.15) is 30.1 Å². The highest BCUT2D eigenvalue weighted by molar-refractivity contribution is 7.87. The Morgan fingerprint density at radius 3 is 2.14 bits per heavy atom. The van der Waals surface area contributed by atoms with Gasteiger partial charge >= 0.3 is 21.6 Å². The molecule has 1 saturated carbocycles. The van der Waals surface area contributed by atoms with E-state index in [1.54, 1.807) is 40.9 Å². The molecule has 0 aromatic heterocycles. The number of hydrogen-bond acceptors (Lipinski definition) is 15. The molecule has 15 atom stereocenters. The standard InChI is InChI=1S/C55H86F3NO15SSi/c1-33-19-15-14-16-20-34(2)45(68-8)31-41-24-22-39(7)54(65,72-41)51(62)52(63)59-26-18-17-21-42(59)53(64)71-46(36(4)29-40-23-25-44(47(30-40)69-9)73-75(66,67)55(56,57)58)32-43(60)35(3)28-38(6)49(74-76(11,12)13)50(70-10)48(61)37(5)27-33/h14-16,19-20,28,33,35-37,39-42,44-47,49-50,65H,17-18,21-27,29-32H2,1-13H3/b16-14+,19-15+,34-20+,38-28+/t33-,35-,36-,37-,39-,40+,41+,42+,44-,45+,46?,47-,49-,50+,54-/m1/s1. The van der Waals surface area contributed by atoms with Crippen molar-refractivity contribution in [1.29, 1.82) is 0 Å². The molecule has 0 radical (unpaired) electrons. The molecule has 76 heavy (non-hydrogen) atoms. The Labute approximate surface area is 450 Å². The van der Waals surface area contributed by atoms with Crippen LogP contribution in [0.25, 0.3) is 0 Å². The first-order chi connectivity index (χ1) is 35.4. The monoisotopic (exact) mass is 1120 g/mol. The quantitative estimate of drug-likeness (QED) is 0.0541. The number of rotatable bonds is 10. The third-order valence-corrected chi connectivity index (χ3v) is 17.5. The second kappa shape index (κ2) is 28.1. The summed E-state index contributed by atoms with van der Waals surface area (Å²) < 4.78 is 105. The number of amides is 1. The Morgan fingerprint density at radius 1 is 0.842 bits per heavy atom. The third-order valence-electron chi connectivity index (χ3n) is 15.4. The van der Waals surface area contributed by atoms with Crippen LogP contribution in [-0.2, 0) is 66.4 Å². The van der Waals surface area contributed by atoms with Crippen LogP contribution in [0, 0.1) is 35.5 Å². The molecule has 0 aromatic carbocycles. The van der Waals surface area contributed by atoms with Gasteiger partial charge in [0.05, 0.1) is 24.4 Å². The van der Waals surface area contributed by atoms with Crippen LogP contribution in [0.3, 0.4) is 0 Å². The number of methoxy groups -OCH3 is 3. The van der Waals surface area contributed by atoms with Crippen molar-refractivity contribution in [1.82, 2.24) is 4.90 Å². The Hall–Kier alpha value is -3.41. The number of carbonyl (C=O) groups excluding carboxylic acids is 5. The number of Topliss-reactive ketones (excluding diaryl/α,β-unsaturated/α-hetero) is 3. The summed E-state index contributed by atoms with van der Waals surface area (Å²) in [6.07, 6.45) is 7.51. The fraction of sp³-hybridized carbons (Fsp3) is 0.764. The van der Waals surface area contributed by atoms with E-state index in [0.717, 1.165) is 10.5 Å². The lowest BCUT2D eigenvalue weighted by Crippen LogP contribution is -2.61. The number of allylic oxidation sites excluding steroid dienone is 6. The molecule has 0 aromatic rings. The first-order valence-corrected chi connectivity index (χ1v) is 31.7. The lowest BCUT2D eigenvalue weighted by Gasteiger charge is -2.42. The number of ketones is 3. The van der Waals surface area contributed by atoms with Crippen LogP contribution in [0.15, 0.2) is 47.6 Å². The Kier molecular flexibility index (Phi) is 24.1. The number of halogens is 3. The number of fused-ring (bicyclic) bond motifs is 3. The van der Waals surface area contributed by atoms with Gasteiger partial charge in [-0.2, -0.15) is 21.6 Å². The van der Waals surface area contributed by atoms with E-state index >= 15 is 0 Å². The highest BCUT2D eigenvalue weighted by atomic mass is 32.2. The minimum Gasteiger partial charge on any atom is -0.460 e. The fourth-order valence-corrected chi connectivity index (χ4v) is 12.7. The second-order valence-electron chi connectivity index (χ2n) is 22.8. The SMILES string of the molecule is CO[C@H]1C[C@@H]2CC[C@@H](C)[C@@](O)(O2)C(=O)C(=O)N2CCCC[C@H]2C(=O)OC([C@H](C)C[C@@H]2CC[C@@H](OS(=O)(=O)C(F)(F)F)[C@H](OC)C2)CC(=O)[C@H](C)/C=C(\C)[C@@H](O[Si](C)(C)C)[C@@H](OC)C(=O)[C@H](C)C[C@H](C)/C=C/C=C/C=C/1C. The molecule has 1 aliphatic carbocycles. The molecule has 2 saturated heterocycles. The molecule has 1 unspecified atom stereocenters. The van der Waals surface area contributed by atoms with E-state index in [0.29, 0.717) is 37.7 Å². The maximum atomic E-state index is 14.6. The van der Waals surface area contributed by atoms with E-state index in [9.17, 15) is 50.7 Å². The normalized spacial score (nSPS) is 37.0. The smallest absolute Gasteiger partial charge is 0.460 e. The van der Waals surface area contributed by atoms with E-state index in [2.05, 4.69) is 4.18 Å². The zero-order chi connectivity index (χ0) is 57.1. The number of nitrogens with zero attached hydrogens (tertiary/aromatic N) is 1. The van der Waals surface area contributed by atoms with Gasteiger partial charge in [-0.1, -0.05) is 71.1 Å². The van der Waals surface area contributed by atoms with E-state index in [1.807, 2.05) is 70.8 Å². The summed E-state index contributed by atoms with van der Waals surface area (Å²) in [4.78, 5) is 73.2. The van der Waals surface area contributed by atoms with Crippen LogP contribution >= 0.6 is 0 Å². The summed E-state index contributed by atoms with van der Waals surface area (Å²) in [6.45, 7) is 18.6. The Bertz CT molecular complexity index is 2250. The molecule has 0 spiro atoms. The van der Waals surface area contributed by atoms with Crippen molar-refractivity contribution in [3.05, 3.63) is 47.6 Å². The van der Waals surface area contributed by atoms with Crippen molar-refractivity contribution in [2.75, 3.05) is 27.9 Å². The lowest BCUT2D eigenvalue weighted by molar-refractivity contribution is -0.265. The van der Waals surface area contributed by atoms with Crippen LogP contribution < -0.4 is 0 Å². The minimum atomic E-state index is -5.91. The fourth-order valence-electron chi connectivity index (χ4n) is 10.9. The predicted molar refractivity (Wildman–Crippen MR) is 281 cm³/mol. The molecule has 4 rings (SSSR count). The van der Waals surface area contributed by atoms with Crippen LogP contribution in [0.4, 0.5) is 13.2 Å². The van der Waals surface area contributed by atoms with Crippen molar-refractivity contribution in [3.8, 4) is 0 Å². The largest absolute Gasteiger partial charge is 0.523 e. The molecule has 432 valence electrons. The van der Waals surface area contributed by atoms with Gasteiger partial charge in [0.2, 0.25) is 5.79 Å². The molecule has 3 aliphatic heterocycles. The molecule has 1 N–H and O–H groups in total. The summed E-state index contributed by atoms with van der Waals surface area (Å²) in [5, 5.41) is 12.0. The van der Waals surface area contributed by atoms with Crippen LogP contribution in [0.2, 0.25) is 19.6 Å². The zero-order valence-corrected chi connectivity index (χ0v) is 48.7. The molecule has 1 amide bonds. The number of esters is 1. The van der Waals surface area contributed by atoms with Gasteiger partial charge in [-0.15, -0.1) is 0 Å². The Balaban J connectivity index is 1.77. The third kappa shape index (κ3) is 17.5. The second-order valence-corrected chi connectivity index (χ2v) is 28.8. The maximum absolute atomic E-state index is 14.6. The molecule has 2 bridgehead atoms. The lowest BCUT2D eigenvalue weighted by atomic mass is 9.78. The van der Waals surface area contributed by atoms with Crippen molar-refractivity contribution >= 4 is 47.7 Å². The van der Waals surface area contributed by atoms with Crippen LogP contribution in [0.5, 0.6) is 0 Å². The summed E-state index contributed by atoms with van der Waals surface area (Å²) in [6, 6.07) is -1.27. The van der Waals surface area contributed by atoms with Gasteiger partial charge < -0.3 is 38.1 Å². The van der Waals surface area contributed by atoms with Crippen molar-refractivity contribution in [2.24, 2.45) is 35.5 Å². The summed E-state index contributed by atoms with van der Waals surface area (Å²) >= 11 is 0. The predicted octanol–water partition coefficient (Wildman–Crippen LogP) is 8.91. The molecule has 3 heterocycles. The van der Waals surface area contributed by atoms with Gasteiger partial charge in [-0.3, -0.25) is 23.4 Å². The van der Waals surface area contributed by atoms with Crippen molar-refractivity contribution in [2.45, 2.75) is 205 Å². The molecule has 21 heteroatoms. The van der Waals surface area contributed by atoms with E-state index < -0.39 is 120 Å². The van der Waals surface area contributed by atoms with Gasteiger partial charge in [0.25, 0.3) is 11.7 Å². The zero-order valence-electron chi connectivity index (χ0n) is 46.9. The van der Waals surface area contributed by atoms with Gasteiger partial charge in [0.15, 0.2) is 14.1 Å². The summed E-state index contributed by atoms with van der Waals surface area (Å²) in [7, 11) is -4.04. The van der Waals surface area contributed by atoms with Crippen LogP contribution in [-0.4, -0.2) is 144 Å². The van der Waals surface area contributed by atoms with Gasteiger partial charge in [-0.05, 0) is 127 Å². The number of alkyl halides is 3. The molecule has 4 aliphatic rings. The number of hydrogen-bond donors (Lipinski definition) is 1. The Morgan fingerprint density at radius 2 is 1.53 bits per heavy atom. The summed E-state index contributed by atoms with van der Waals surface area (Å²) in [5.74, 6) is -9.15. The highest BCUT2D eigenvalue weighted by Gasteiger charge is 2.54. The number of carbonyl (C=O) groups is 5. The van der Waals surface area contributed by atoms with Gasteiger partial charge in [0, 0.05) is 58.5 Å². The van der Waals surface area contributed by atoms with E-state index in [-0.39, 0.29) is 74.9 Å². The van der Waals surface area contributed by atoms with Gasteiger partial charge in [-0.25, -0.2) is 4.79 Å². The van der Waals surface area contributed by atoms with Crippen LogP contribution in [0.1, 0.15) is 126 Å². The van der Waals surface area contributed by atoms with Crippen molar-refractivity contribution < 1.29 is 83.0 Å². The first-order valence-electron chi connectivity index (χ1n) is 26.9. The minimum absolute atomic E-state index is 0.00324. The molecule has 3 fully saturated rings. The number of ether oxygens (including phenoxy) is 5. The number of cyclic esters (lactones) is 1. The number of piperidine rings is 1. The van der Waals surface area contributed by atoms with E-state index in [4.69, 9.17) is 28.1 Å². The first kappa shape index (κ1) is 65.1. The maximum Gasteiger partial charge on any atom is 0.523 e. The summed E-state index contributed by atoms with van der Waals surface area (Å²) in [5.41, 5.74) is -4.20. The molecular formula is C55H86F3NO15SSi. The average Bonchev–Trinajstić information content (AvgIpc) is 3.34.